The molecule has 1 aromatic carbocycles. The standard InChI is InChI=1S/C18H29N3O5S3/c1-3-28(23,24)20-17(10-13-27-2)18(22)19-14-15-6-8-16(9-7-15)29(25,26)21-11-4-5-12-21/h6-9,17,20H,3-5,10-14H2,1-2H3,(H,19,22). The van der Waals surface area contributed by atoms with Crippen molar-refractivity contribution in [3.8, 4) is 0 Å². The van der Waals surface area contributed by atoms with Gasteiger partial charge in [-0.1, -0.05) is 12.1 Å². The van der Waals surface area contributed by atoms with Crippen LogP contribution < -0.4 is 10.0 Å². The van der Waals surface area contributed by atoms with Gasteiger partial charge in [0.1, 0.15) is 6.04 Å². The Balaban J connectivity index is 1.99. The van der Waals surface area contributed by atoms with Crippen LogP contribution in [0.15, 0.2) is 29.2 Å². The van der Waals surface area contributed by atoms with Crippen molar-refractivity contribution in [2.75, 3.05) is 30.9 Å². The first kappa shape index (κ1) is 24.1. The van der Waals surface area contributed by atoms with Crippen molar-refractivity contribution >= 4 is 37.7 Å². The van der Waals surface area contributed by atoms with Crippen LogP contribution in [0.25, 0.3) is 0 Å². The molecule has 1 heterocycles. The first-order chi connectivity index (χ1) is 13.7. The quantitative estimate of drug-likeness (QED) is 0.509. The zero-order valence-electron chi connectivity index (χ0n) is 16.8. The summed E-state index contributed by atoms with van der Waals surface area (Å²) in [6.07, 6.45) is 4.03. The Labute approximate surface area is 177 Å². The van der Waals surface area contributed by atoms with Crippen LogP contribution in [0.2, 0.25) is 0 Å². The van der Waals surface area contributed by atoms with Crippen molar-refractivity contribution in [1.29, 1.82) is 0 Å². The van der Waals surface area contributed by atoms with Gasteiger partial charge in [0, 0.05) is 19.6 Å². The summed E-state index contributed by atoms with van der Waals surface area (Å²) in [6.45, 7) is 2.80. The molecule has 1 aliphatic heterocycles. The van der Waals surface area contributed by atoms with Crippen LogP contribution in [0.5, 0.6) is 0 Å². The zero-order valence-corrected chi connectivity index (χ0v) is 19.2. The summed E-state index contributed by atoms with van der Waals surface area (Å²) < 4.78 is 52.7. The maximum atomic E-state index is 12.6. The number of hydrogen-bond acceptors (Lipinski definition) is 6. The molecule has 1 atom stereocenters. The highest BCUT2D eigenvalue weighted by molar-refractivity contribution is 7.98. The Kier molecular flexibility index (Phi) is 8.95. The third kappa shape index (κ3) is 6.95. The number of amides is 1. The van der Waals surface area contributed by atoms with E-state index in [4.69, 9.17) is 0 Å². The minimum absolute atomic E-state index is 0.0942. The second kappa shape index (κ2) is 10.8. The number of carbonyl (C=O) groups is 1. The summed E-state index contributed by atoms with van der Waals surface area (Å²) in [6, 6.07) is 5.58. The molecule has 2 rings (SSSR count). The lowest BCUT2D eigenvalue weighted by Gasteiger charge is -2.18. The predicted molar refractivity (Wildman–Crippen MR) is 116 cm³/mol. The van der Waals surface area contributed by atoms with Crippen LogP contribution in [0.1, 0.15) is 31.7 Å². The van der Waals surface area contributed by atoms with Gasteiger partial charge in [-0.3, -0.25) is 4.79 Å². The first-order valence-electron chi connectivity index (χ1n) is 9.55. The Bertz CT molecular complexity index is 880. The van der Waals surface area contributed by atoms with E-state index in [-0.39, 0.29) is 17.2 Å². The molecule has 2 N–H and O–H groups in total. The fourth-order valence-electron chi connectivity index (χ4n) is 2.95. The van der Waals surface area contributed by atoms with Gasteiger partial charge in [-0.25, -0.2) is 21.6 Å². The Hall–Kier alpha value is -1.14. The van der Waals surface area contributed by atoms with Crippen molar-refractivity contribution < 1.29 is 21.6 Å². The number of thioether (sulfide) groups is 1. The molecular weight excluding hydrogens is 434 g/mol. The van der Waals surface area contributed by atoms with Crippen molar-refractivity contribution in [2.24, 2.45) is 0 Å². The number of benzene rings is 1. The summed E-state index contributed by atoms with van der Waals surface area (Å²) in [4.78, 5) is 12.7. The molecule has 0 spiro atoms. The lowest BCUT2D eigenvalue weighted by molar-refractivity contribution is -0.122. The van der Waals surface area contributed by atoms with Crippen molar-refractivity contribution in [2.45, 2.75) is 43.7 Å². The molecule has 1 saturated heterocycles. The maximum Gasteiger partial charge on any atom is 0.243 e. The van der Waals surface area contributed by atoms with Gasteiger partial charge < -0.3 is 5.32 Å². The number of hydrogen-bond donors (Lipinski definition) is 2. The first-order valence-corrected chi connectivity index (χ1v) is 14.0. The maximum absolute atomic E-state index is 12.6. The highest BCUT2D eigenvalue weighted by atomic mass is 32.2. The number of rotatable bonds is 11. The molecule has 1 fully saturated rings. The van der Waals surface area contributed by atoms with Crippen LogP contribution >= 0.6 is 11.8 Å². The lowest BCUT2D eigenvalue weighted by atomic mass is 10.2. The van der Waals surface area contributed by atoms with Gasteiger partial charge in [0.25, 0.3) is 0 Å². The minimum atomic E-state index is -3.50. The van der Waals surface area contributed by atoms with E-state index < -0.39 is 32.0 Å². The van der Waals surface area contributed by atoms with Crippen molar-refractivity contribution in [3.05, 3.63) is 29.8 Å². The van der Waals surface area contributed by atoms with E-state index >= 15 is 0 Å². The highest BCUT2D eigenvalue weighted by Crippen LogP contribution is 2.21. The molecule has 1 amide bonds. The van der Waals surface area contributed by atoms with Gasteiger partial charge >= 0.3 is 0 Å². The van der Waals surface area contributed by atoms with E-state index in [2.05, 4.69) is 10.0 Å². The largest absolute Gasteiger partial charge is 0.351 e. The lowest BCUT2D eigenvalue weighted by Crippen LogP contribution is -2.47. The van der Waals surface area contributed by atoms with Crippen LogP contribution in [-0.2, 0) is 31.4 Å². The van der Waals surface area contributed by atoms with E-state index in [0.717, 1.165) is 18.4 Å². The fraction of sp³-hybridized carbons (Fsp3) is 0.611. The molecule has 11 heteroatoms. The van der Waals surface area contributed by atoms with E-state index in [0.29, 0.717) is 25.3 Å². The smallest absolute Gasteiger partial charge is 0.243 e. The Morgan fingerprint density at radius 1 is 1.14 bits per heavy atom. The number of nitrogens with one attached hydrogen (secondary N) is 2. The molecule has 0 saturated carbocycles. The van der Waals surface area contributed by atoms with Crippen LogP contribution in [0.4, 0.5) is 0 Å². The van der Waals surface area contributed by atoms with Gasteiger partial charge in [0.2, 0.25) is 26.0 Å². The molecule has 1 aromatic rings. The number of sulfonamides is 2. The third-order valence-electron chi connectivity index (χ3n) is 4.72. The van der Waals surface area contributed by atoms with Gasteiger partial charge in [-0.05, 0) is 55.9 Å². The van der Waals surface area contributed by atoms with E-state index in [9.17, 15) is 21.6 Å². The van der Waals surface area contributed by atoms with Gasteiger partial charge in [0.15, 0.2) is 0 Å². The van der Waals surface area contributed by atoms with Crippen molar-refractivity contribution in [3.63, 3.8) is 0 Å². The average Bonchev–Trinajstić information content (AvgIpc) is 3.25. The highest BCUT2D eigenvalue weighted by Gasteiger charge is 2.27. The molecule has 0 radical (unpaired) electrons. The summed E-state index contributed by atoms with van der Waals surface area (Å²) in [5, 5.41) is 2.73. The van der Waals surface area contributed by atoms with E-state index in [1.165, 1.54) is 23.0 Å². The second-order valence-corrected chi connectivity index (χ2v) is 11.8. The van der Waals surface area contributed by atoms with Gasteiger partial charge in [-0.15, -0.1) is 0 Å². The van der Waals surface area contributed by atoms with Crippen LogP contribution in [-0.4, -0.2) is 63.9 Å². The second-order valence-electron chi connectivity index (χ2n) is 6.83. The molecule has 0 aromatic heterocycles. The van der Waals surface area contributed by atoms with Crippen molar-refractivity contribution in [1.82, 2.24) is 14.3 Å². The van der Waals surface area contributed by atoms with Gasteiger partial charge in [-0.2, -0.15) is 16.1 Å². The summed E-state index contributed by atoms with van der Waals surface area (Å²) in [7, 11) is -6.97. The normalized spacial score (nSPS) is 16.6. The van der Waals surface area contributed by atoms with E-state index in [1.807, 2.05) is 6.26 Å². The molecule has 164 valence electrons. The topological polar surface area (TPSA) is 113 Å². The van der Waals surface area contributed by atoms with E-state index in [1.54, 1.807) is 24.3 Å². The van der Waals surface area contributed by atoms with Crippen LogP contribution in [0.3, 0.4) is 0 Å². The molecule has 1 unspecified atom stereocenters. The molecule has 29 heavy (non-hydrogen) atoms. The summed E-state index contributed by atoms with van der Waals surface area (Å²) >= 11 is 1.53. The zero-order chi connectivity index (χ0) is 21.5. The summed E-state index contributed by atoms with van der Waals surface area (Å²) in [5.74, 6) is 0.154. The summed E-state index contributed by atoms with van der Waals surface area (Å²) in [5.41, 5.74) is 0.737. The molecule has 0 bridgehead atoms. The molecule has 8 nitrogen and oxygen atoms in total. The Morgan fingerprint density at radius 2 is 1.76 bits per heavy atom. The molecule has 1 aliphatic rings. The number of carbonyl (C=O) groups excluding carboxylic acids is 1. The fourth-order valence-corrected chi connectivity index (χ4v) is 5.76. The number of nitrogens with zero attached hydrogens (tertiary/aromatic N) is 1. The minimum Gasteiger partial charge on any atom is -0.351 e. The SMILES string of the molecule is CCS(=O)(=O)NC(CCSC)C(=O)NCc1ccc(S(=O)(=O)N2CCCC2)cc1. The van der Waals surface area contributed by atoms with Crippen LogP contribution in [0, 0.1) is 0 Å². The van der Waals surface area contributed by atoms with Gasteiger partial charge in [0.05, 0.1) is 10.6 Å². The Morgan fingerprint density at radius 3 is 2.31 bits per heavy atom. The molecule has 0 aliphatic carbocycles. The monoisotopic (exact) mass is 463 g/mol. The predicted octanol–water partition coefficient (Wildman–Crippen LogP) is 1.15. The third-order valence-corrected chi connectivity index (χ3v) is 8.68. The molecular formula is C18H29N3O5S3. The average molecular weight is 464 g/mol.